The number of carbonyl (C=O) groups excluding carboxylic acids is 1. The predicted molar refractivity (Wildman–Crippen MR) is 87.7 cm³/mol. The van der Waals surface area contributed by atoms with Gasteiger partial charge in [-0.05, 0) is 24.4 Å². The van der Waals surface area contributed by atoms with E-state index in [1.165, 1.54) is 23.2 Å². The van der Waals surface area contributed by atoms with Crippen LogP contribution in [0.5, 0.6) is 0 Å². The molecule has 0 unspecified atom stereocenters. The molecule has 2 heterocycles. The maximum absolute atomic E-state index is 12.3. The Morgan fingerprint density at radius 1 is 1.22 bits per heavy atom. The van der Waals surface area contributed by atoms with Crippen molar-refractivity contribution in [3.8, 4) is 0 Å². The normalized spacial score (nSPS) is 11.4. The second-order valence-corrected chi connectivity index (χ2v) is 5.76. The van der Waals surface area contributed by atoms with Crippen LogP contribution in [-0.4, -0.2) is 30.6 Å². The smallest absolute Gasteiger partial charge is 0.332 e. The van der Waals surface area contributed by atoms with Crippen LogP contribution in [0.15, 0.2) is 9.59 Å². The van der Waals surface area contributed by atoms with E-state index in [1.54, 1.807) is 0 Å². The zero-order valence-electron chi connectivity index (χ0n) is 13.6. The molecular weight excluding hydrogens is 322 g/mol. The number of hydrogen-bond acceptors (Lipinski definition) is 4. The van der Waals surface area contributed by atoms with Crippen molar-refractivity contribution in [3.63, 3.8) is 0 Å². The van der Waals surface area contributed by atoms with Crippen LogP contribution >= 0.6 is 11.6 Å². The highest BCUT2D eigenvalue weighted by Gasteiger charge is 2.20. The molecule has 0 fully saturated rings. The maximum atomic E-state index is 12.3. The summed E-state index contributed by atoms with van der Waals surface area (Å²) in [6.07, 6.45) is 1.63. The summed E-state index contributed by atoms with van der Waals surface area (Å²) in [5.74, 6) is -0.254. The van der Waals surface area contributed by atoms with Gasteiger partial charge in [-0.15, -0.1) is 0 Å². The third-order valence-corrected chi connectivity index (χ3v) is 4.24. The molecule has 2 aromatic heterocycles. The van der Waals surface area contributed by atoms with Gasteiger partial charge in [-0.1, -0.05) is 13.8 Å². The number of halogens is 1. The zero-order valence-corrected chi connectivity index (χ0v) is 14.3. The molecule has 0 atom stereocenters. The van der Waals surface area contributed by atoms with Crippen molar-refractivity contribution in [3.05, 3.63) is 26.1 Å². The minimum atomic E-state index is -0.530. The van der Waals surface area contributed by atoms with Gasteiger partial charge in [0.05, 0.1) is 0 Å². The van der Waals surface area contributed by atoms with Gasteiger partial charge >= 0.3 is 5.69 Å². The summed E-state index contributed by atoms with van der Waals surface area (Å²) >= 11 is 6.07. The van der Waals surface area contributed by atoms with Gasteiger partial charge in [0.2, 0.25) is 11.2 Å². The zero-order chi connectivity index (χ0) is 17.3. The highest BCUT2D eigenvalue weighted by atomic mass is 35.5. The minimum absolute atomic E-state index is 0.00185. The molecule has 0 bridgehead atoms. The van der Waals surface area contributed by atoms with Crippen LogP contribution < -0.4 is 16.6 Å². The largest absolute Gasteiger partial charge is 0.352 e. The van der Waals surface area contributed by atoms with Gasteiger partial charge in [-0.3, -0.25) is 23.3 Å². The fourth-order valence-electron chi connectivity index (χ4n) is 2.47. The third-order valence-electron chi connectivity index (χ3n) is 3.95. The quantitative estimate of drug-likeness (QED) is 0.796. The molecule has 126 valence electrons. The minimum Gasteiger partial charge on any atom is -0.352 e. The number of imidazole rings is 1. The van der Waals surface area contributed by atoms with E-state index in [0.717, 1.165) is 17.4 Å². The molecule has 0 aromatic carbocycles. The topological polar surface area (TPSA) is 90.9 Å². The number of aromatic nitrogens is 4. The number of aryl methyl sites for hydroxylation is 1. The third kappa shape index (κ3) is 3.03. The van der Waals surface area contributed by atoms with E-state index in [-0.39, 0.29) is 34.9 Å². The molecule has 0 saturated carbocycles. The Balaban J connectivity index is 2.50. The van der Waals surface area contributed by atoms with Crippen LogP contribution in [0.4, 0.5) is 0 Å². The molecule has 2 rings (SSSR count). The van der Waals surface area contributed by atoms with E-state index >= 15 is 0 Å². The summed E-state index contributed by atoms with van der Waals surface area (Å²) in [6.45, 7) is 3.85. The molecule has 0 aliphatic rings. The van der Waals surface area contributed by atoms with Crippen LogP contribution in [0.2, 0.25) is 5.28 Å². The molecule has 0 radical (unpaired) electrons. The monoisotopic (exact) mass is 341 g/mol. The van der Waals surface area contributed by atoms with Crippen molar-refractivity contribution in [2.24, 2.45) is 14.1 Å². The van der Waals surface area contributed by atoms with Crippen LogP contribution in [0.3, 0.4) is 0 Å². The molecule has 0 saturated heterocycles. The van der Waals surface area contributed by atoms with Crippen molar-refractivity contribution in [1.82, 2.24) is 24.0 Å². The van der Waals surface area contributed by atoms with E-state index in [1.807, 2.05) is 13.8 Å². The first kappa shape index (κ1) is 17.3. The van der Waals surface area contributed by atoms with Gasteiger partial charge in [0.25, 0.3) is 5.56 Å². The van der Waals surface area contributed by atoms with Crippen molar-refractivity contribution in [2.45, 2.75) is 39.3 Å². The molecule has 1 N–H and O–H groups in total. The lowest BCUT2D eigenvalue weighted by Gasteiger charge is -2.15. The van der Waals surface area contributed by atoms with E-state index < -0.39 is 11.2 Å². The first-order chi connectivity index (χ1) is 10.8. The first-order valence-electron chi connectivity index (χ1n) is 7.42. The summed E-state index contributed by atoms with van der Waals surface area (Å²) in [4.78, 5) is 40.5. The Hall–Kier alpha value is -2.09. The second kappa shape index (κ2) is 6.57. The Morgan fingerprint density at radius 3 is 2.39 bits per heavy atom. The van der Waals surface area contributed by atoms with E-state index in [2.05, 4.69) is 10.3 Å². The number of amides is 1. The Morgan fingerprint density at radius 2 is 1.83 bits per heavy atom. The maximum Gasteiger partial charge on any atom is 0.332 e. The van der Waals surface area contributed by atoms with Gasteiger partial charge in [-0.2, -0.15) is 4.98 Å². The molecule has 1 amide bonds. The standard InChI is InChI=1S/C14H20ClN5O3/c1-5-8(6-2)16-9(21)7-20-10-11(17-13(20)15)18(3)14(23)19(4)12(10)22/h8H,5-7H2,1-4H3,(H,16,21). The summed E-state index contributed by atoms with van der Waals surface area (Å²) in [5.41, 5.74) is -0.721. The van der Waals surface area contributed by atoms with Crippen molar-refractivity contribution in [1.29, 1.82) is 0 Å². The molecule has 23 heavy (non-hydrogen) atoms. The summed E-state index contributed by atoms with van der Waals surface area (Å²) in [7, 11) is 2.88. The van der Waals surface area contributed by atoms with Crippen LogP contribution in [0, 0.1) is 0 Å². The molecule has 2 aromatic rings. The summed E-state index contributed by atoms with van der Waals surface area (Å²) in [6, 6.07) is 0.0725. The average Bonchev–Trinajstić information content (AvgIpc) is 2.85. The summed E-state index contributed by atoms with van der Waals surface area (Å²) in [5, 5.41) is 2.88. The van der Waals surface area contributed by atoms with Gasteiger partial charge in [0, 0.05) is 20.1 Å². The van der Waals surface area contributed by atoms with Gasteiger partial charge < -0.3 is 5.32 Å². The van der Waals surface area contributed by atoms with Gasteiger partial charge in [0.15, 0.2) is 11.2 Å². The van der Waals surface area contributed by atoms with Crippen molar-refractivity contribution < 1.29 is 4.79 Å². The van der Waals surface area contributed by atoms with E-state index in [0.29, 0.717) is 0 Å². The Labute approximate surface area is 137 Å². The average molecular weight is 342 g/mol. The second-order valence-electron chi connectivity index (χ2n) is 5.43. The fourth-order valence-corrected chi connectivity index (χ4v) is 2.70. The highest BCUT2D eigenvalue weighted by molar-refractivity contribution is 6.29. The molecule has 9 heteroatoms. The SMILES string of the molecule is CCC(CC)NC(=O)Cn1c(Cl)nc2c1c(=O)n(C)c(=O)n2C. The number of rotatable bonds is 5. The van der Waals surface area contributed by atoms with Crippen LogP contribution in [-0.2, 0) is 25.4 Å². The fraction of sp³-hybridized carbons (Fsp3) is 0.571. The van der Waals surface area contributed by atoms with Crippen LogP contribution in [0.25, 0.3) is 11.2 Å². The molecular formula is C14H20ClN5O3. The number of carbonyl (C=O) groups is 1. The number of fused-ring (bicyclic) bond motifs is 1. The molecule has 8 nitrogen and oxygen atoms in total. The van der Waals surface area contributed by atoms with Crippen molar-refractivity contribution in [2.75, 3.05) is 0 Å². The van der Waals surface area contributed by atoms with Crippen LogP contribution in [0.1, 0.15) is 26.7 Å². The highest BCUT2D eigenvalue weighted by Crippen LogP contribution is 2.15. The van der Waals surface area contributed by atoms with Gasteiger partial charge in [0.1, 0.15) is 6.54 Å². The number of nitrogens with zero attached hydrogens (tertiary/aromatic N) is 4. The lowest BCUT2D eigenvalue weighted by atomic mass is 10.2. The lowest BCUT2D eigenvalue weighted by Crippen LogP contribution is -2.39. The number of nitrogens with one attached hydrogen (secondary N) is 1. The Kier molecular flexibility index (Phi) is 4.93. The lowest BCUT2D eigenvalue weighted by molar-refractivity contribution is -0.122. The van der Waals surface area contributed by atoms with Gasteiger partial charge in [-0.25, -0.2) is 4.79 Å². The van der Waals surface area contributed by atoms with Crippen molar-refractivity contribution >= 4 is 28.7 Å². The molecule has 0 aliphatic carbocycles. The van der Waals surface area contributed by atoms with E-state index in [9.17, 15) is 14.4 Å². The first-order valence-corrected chi connectivity index (χ1v) is 7.80. The Bertz CT molecular complexity index is 860. The summed E-state index contributed by atoms with van der Waals surface area (Å²) < 4.78 is 3.53. The predicted octanol–water partition coefficient (Wildman–Crippen LogP) is 0.392. The molecule has 0 aliphatic heterocycles. The van der Waals surface area contributed by atoms with E-state index in [4.69, 9.17) is 11.6 Å². The number of hydrogen-bond donors (Lipinski definition) is 1. The molecule has 0 spiro atoms.